The first-order valence-corrected chi connectivity index (χ1v) is 7.74. The van der Waals surface area contributed by atoms with E-state index in [0.29, 0.717) is 6.04 Å². The minimum Gasteiger partial charge on any atom is -0.497 e. The van der Waals surface area contributed by atoms with Gasteiger partial charge in [-0.2, -0.15) is 0 Å². The average Bonchev–Trinajstić information content (AvgIpc) is 2.55. The van der Waals surface area contributed by atoms with Gasteiger partial charge in [0.05, 0.1) is 7.11 Å². The van der Waals surface area contributed by atoms with Crippen LogP contribution in [0.15, 0.2) is 54.6 Å². The van der Waals surface area contributed by atoms with E-state index >= 15 is 0 Å². The molecule has 0 fully saturated rings. The summed E-state index contributed by atoms with van der Waals surface area (Å²) in [6.07, 6.45) is 3.40. The molecule has 0 saturated heterocycles. The van der Waals surface area contributed by atoms with E-state index in [1.54, 1.807) is 7.11 Å². The molecule has 2 aromatic carbocycles. The van der Waals surface area contributed by atoms with Crippen LogP contribution >= 0.6 is 0 Å². The first kappa shape index (κ1) is 15.6. The Kier molecular flexibility index (Phi) is 6.29. The highest BCUT2D eigenvalue weighted by Gasteiger charge is 2.09. The van der Waals surface area contributed by atoms with Crippen LogP contribution < -0.4 is 10.1 Å². The van der Waals surface area contributed by atoms with Crippen LogP contribution in [-0.4, -0.2) is 13.7 Å². The summed E-state index contributed by atoms with van der Waals surface area (Å²) in [4.78, 5) is 0. The molecule has 2 rings (SSSR count). The van der Waals surface area contributed by atoms with E-state index in [2.05, 4.69) is 60.8 Å². The number of methoxy groups -OCH3 is 1. The van der Waals surface area contributed by atoms with E-state index in [-0.39, 0.29) is 0 Å². The van der Waals surface area contributed by atoms with Gasteiger partial charge in [-0.15, -0.1) is 0 Å². The molecule has 0 aliphatic carbocycles. The van der Waals surface area contributed by atoms with Gasteiger partial charge in [-0.1, -0.05) is 49.4 Å². The summed E-state index contributed by atoms with van der Waals surface area (Å²) in [6.45, 7) is 3.16. The molecule has 1 N–H and O–H groups in total. The summed E-state index contributed by atoms with van der Waals surface area (Å²) < 4.78 is 5.28. The maximum absolute atomic E-state index is 5.28. The third-order valence-corrected chi connectivity index (χ3v) is 3.74. The largest absolute Gasteiger partial charge is 0.497 e. The Balaban J connectivity index is 1.90. The van der Waals surface area contributed by atoms with Gasteiger partial charge in [0.2, 0.25) is 0 Å². The molecule has 2 nitrogen and oxygen atoms in total. The first-order chi connectivity index (χ1) is 10.3. The molecule has 0 bridgehead atoms. The summed E-state index contributed by atoms with van der Waals surface area (Å²) >= 11 is 0. The van der Waals surface area contributed by atoms with Crippen molar-refractivity contribution in [3.05, 3.63) is 65.7 Å². The number of nitrogens with one attached hydrogen (secondary N) is 1. The maximum atomic E-state index is 5.28. The number of hydrogen-bond donors (Lipinski definition) is 1. The van der Waals surface area contributed by atoms with Crippen LogP contribution in [0.3, 0.4) is 0 Å². The van der Waals surface area contributed by atoms with Crippen molar-refractivity contribution in [1.82, 2.24) is 5.32 Å². The lowest BCUT2D eigenvalue weighted by Crippen LogP contribution is -2.20. The Hall–Kier alpha value is -1.80. The molecule has 0 radical (unpaired) electrons. The van der Waals surface area contributed by atoms with Crippen molar-refractivity contribution in [3.8, 4) is 5.75 Å². The van der Waals surface area contributed by atoms with Crippen LogP contribution in [0, 0.1) is 0 Å². The lowest BCUT2D eigenvalue weighted by atomic mass is 9.99. The zero-order chi connectivity index (χ0) is 14.9. The van der Waals surface area contributed by atoms with Crippen molar-refractivity contribution in [2.45, 2.75) is 32.2 Å². The van der Waals surface area contributed by atoms with Crippen molar-refractivity contribution in [3.63, 3.8) is 0 Å². The molecule has 21 heavy (non-hydrogen) atoms. The second-order valence-corrected chi connectivity index (χ2v) is 5.26. The highest BCUT2D eigenvalue weighted by Crippen LogP contribution is 2.20. The van der Waals surface area contributed by atoms with Crippen LogP contribution in [0.25, 0.3) is 0 Å². The van der Waals surface area contributed by atoms with Crippen molar-refractivity contribution in [2.24, 2.45) is 0 Å². The fraction of sp³-hybridized carbons (Fsp3) is 0.368. The minimum atomic E-state index is 0.446. The number of aryl methyl sites for hydroxylation is 1. The summed E-state index contributed by atoms with van der Waals surface area (Å²) in [6, 6.07) is 19.5. The number of hydrogen-bond acceptors (Lipinski definition) is 2. The van der Waals surface area contributed by atoms with Crippen molar-refractivity contribution >= 4 is 0 Å². The van der Waals surface area contributed by atoms with Gasteiger partial charge in [0, 0.05) is 6.04 Å². The lowest BCUT2D eigenvalue weighted by molar-refractivity contribution is 0.414. The van der Waals surface area contributed by atoms with Crippen LogP contribution in [0.2, 0.25) is 0 Å². The maximum Gasteiger partial charge on any atom is 0.119 e. The Morgan fingerprint density at radius 3 is 2.57 bits per heavy atom. The van der Waals surface area contributed by atoms with Crippen LogP contribution in [0.4, 0.5) is 0 Å². The summed E-state index contributed by atoms with van der Waals surface area (Å²) in [7, 11) is 1.72. The highest BCUT2D eigenvalue weighted by molar-refractivity contribution is 5.28. The number of ether oxygens (including phenoxy) is 1. The second-order valence-electron chi connectivity index (χ2n) is 5.26. The van der Waals surface area contributed by atoms with E-state index in [1.165, 1.54) is 17.5 Å². The first-order valence-electron chi connectivity index (χ1n) is 7.74. The normalized spacial score (nSPS) is 12.1. The molecule has 112 valence electrons. The molecule has 0 spiro atoms. The van der Waals surface area contributed by atoms with E-state index in [9.17, 15) is 0 Å². The Bertz CT molecular complexity index is 524. The molecule has 2 heteroatoms. The summed E-state index contributed by atoms with van der Waals surface area (Å²) in [5.41, 5.74) is 2.72. The molecule has 0 aliphatic rings. The minimum absolute atomic E-state index is 0.446. The van der Waals surface area contributed by atoms with Gasteiger partial charge in [-0.05, 0) is 49.1 Å². The zero-order valence-corrected chi connectivity index (χ0v) is 13.0. The van der Waals surface area contributed by atoms with Gasteiger partial charge >= 0.3 is 0 Å². The molecule has 2 aromatic rings. The standard InChI is InChI=1S/C19H25NO/c1-3-20-19(17-11-5-4-6-12-17)14-8-10-16-9-7-13-18(15-16)21-2/h4-7,9,11-13,15,19-20H,3,8,10,14H2,1-2H3. The van der Waals surface area contributed by atoms with E-state index in [4.69, 9.17) is 4.74 Å². The van der Waals surface area contributed by atoms with Crippen LogP contribution in [0.5, 0.6) is 5.75 Å². The number of rotatable bonds is 8. The number of benzene rings is 2. The van der Waals surface area contributed by atoms with E-state index in [1.807, 2.05) is 6.07 Å². The fourth-order valence-corrected chi connectivity index (χ4v) is 2.66. The molecule has 0 aliphatic heterocycles. The fourth-order valence-electron chi connectivity index (χ4n) is 2.66. The molecular weight excluding hydrogens is 258 g/mol. The second kappa shape index (κ2) is 8.48. The third kappa shape index (κ3) is 4.91. The predicted molar refractivity (Wildman–Crippen MR) is 88.8 cm³/mol. The Morgan fingerprint density at radius 2 is 1.86 bits per heavy atom. The quantitative estimate of drug-likeness (QED) is 0.777. The molecule has 1 atom stereocenters. The SMILES string of the molecule is CCNC(CCCc1cccc(OC)c1)c1ccccc1. The van der Waals surface area contributed by atoms with Crippen LogP contribution in [-0.2, 0) is 6.42 Å². The molecule has 0 saturated carbocycles. The highest BCUT2D eigenvalue weighted by atomic mass is 16.5. The Morgan fingerprint density at radius 1 is 1.05 bits per heavy atom. The van der Waals surface area contributed by atoms with Gasteiger partial charge < -0.3 is 10.1 Å². The van der Waals surface area contributed by atoms with Crippen LogP contribution in [0.1, 0.15) is 36.9 Å². The summed E-state index contributed by atoms with van der Waals surface area (Å²) in [5, 5.41) is 3.58. The van der Waals surface area contributed by atoms with Gasteiger partial charge in [0.25, 0.3) is 0 Å². The lowest BCUT2D eigenvalue weighted by Gasteiger charge is -2.18. The summed E-state index contributed by atoms with van der Waals surface area (Å²) in [5.74, 6) is 0.943. The topological polar surface area (TPSA) is 21.3 Å². The molecular formula is C19H25NO. The van der Waals surface area contributed by atoms with E-state index < -0.39 is 0 Å². The molecule has 0 aromatic heterocycles. The van der Waals surface area contributed by atoms with Gasteiger partial charge in [-0.3, -0.25) is 0 Å². The van der Waals surface area contributed by atoms with Crippen molar-refractivity contribution in [1.29, 1.82) is 0 Å². The van der Waals surface area contributed by atoms with Crippen molar-refractivity contribution in [2.75, 3.05) is 13.7 Å². The van der Waals surface area contributed by atoms with Gasteiger partial charge in [0.1, 0.15) is 5.75 Å². The predicted octanol–water partition coefficient (Wildman–Crippen LogP) is 4.37. The smallest absolute Gasteiger partial charge is 0.119 e. The zero-order valence-electron chi connectivity index (χ0n) is 13.0. The van der Waals surface area contributed by atoms with Crippen molar-refractivity contribution < 1.29 is 4.74 Å². The Labute approximate surface area is 128 Å². The van der Waals surface area contributed by atoms with Gasteiger partial charge in [-0.25, -0.2) is 0 Å². The van der Waals surface area contributed by atoms with Gasteiger partial charge in [0.15, 0.2) is 0 Å². The third-order valence-electron chi connectivity index (χ3n) is 3.74. The molecule has 0 amide bonds. The monoisotopic (exact) mass is 283 g/mol. The molecule has 1 unspecified atom stereocenters. The van der Waals surface area contributed by atoms with E-state index in [0.717, 1.165) is 25.1 Å². The molecule has 0 heterocycles. The average molecular weight is 283 g/mol.